The molecule has 6 nitrogen and oxygen atoms in total. The van der Waals surface area contributed by atoms with Crippen LogP contribution in [0.4, 0.5) is 0 Å². The number of halogens is 1. The molecule has 17 heavy (non-hydrogen) atoms. The second-order valence-corrected chi connectivity index (χ2v) is 7.70. The lowest BCUT2D eigenvalue weighted by molar-refractivity contribution is 0.316. The van der Waals surface area contributed by atoms with Gasteiger partial charge in [0.05, 0.1) is 9.83 Å². The van der Waals surface area contributed by atoms with Crippen LogP contribution in [-0.2, 0) is 10.0 Å². The predicted molar refractivity (Wildman–Crippen MR) is 69.9 cm³/mol. The van der Waals surface area contributed by atoms with Gasteiger partial charge in [-0.15, -0.1) is 11.3 Å². The Morgan fingerprint density at radius 2 is 2.29 bits per heavy atom. The van der Waals surface area contributed by atoms with Crippen LogP contribution in [0.2, 0.25) is 0 Å². The molecule has 1 aromatic rings. The smallest absolute Gasteiger partial charge is 0.250 e. The Morgan fingerprint density at radius 3 is 2.71 bits per heavy atom. The van der Waals surface area contributed by atoms with Gasteiger partial charge >= 0.3 is 0 Å². The lowest BCUT2D eigenvalue weighted by atomic mass is 10.3. The third-order valence-electron chi connectivity index (χ3n) is 1.99. The van der Waals surface area contributed by atoms with Gasteiger partial charge in [-0.1, -0.05) is 5.16 Å². The summed E-state index contributed by atoms with van der Waals surface area (Å²) in [6, 6.07) is 0.780. The average Bonchev–Trinajstić information content (AvgIpc) is 2.58. The standard InChI is InChI=1S/C8H12BrN3O3S2/c1-4-3-6(16-7(4)9)17(14,15)12-5(2)8(10)11-13/h3,5,12-13H,1-2H3,(H2,10,11). The molecular formula is C8H12BrN3O3S2. The van der Waals surface area contributed by atoms with E-state index in [0.717, 1.165) is 20.7 Å². The van der Waals surface area contributed by atoms with Crippen LogP contribution in [0.15, 0.2) is 19.2 Å². The first kappa shape index (κ1) is 14.4. The first-order chi connectivity index (χ1) is 7.77. The van der Waals surface area contributed by atoms with Gasteiger partial charge in [-0.25, -0.2) is 8.42 Å². The Bertz CT molecular complexity index is 519. The number of nitrogens with one attached hydrogen (secondary N) is 1. The zero-order valence-electron chi connectivity index (χ0n) is 9.14. The molecule has 0 aliphatic rings. The molecule has 1 atom stereocenters. The van der Waals surface area contributed by atoms with E-state index in [2.05, 4.69) is 25.8 Å². The molecule has 1 heterocycles. The fraction of sp³-hybridized carbons (Fsp3) is 0.375. The highest BCUT2D eigenvalue weighted by Gasteiger charge is 2.22. The minimum atomic E-state index is -3.65. The molecule has 96 valence electrons. The molecule has 0 aliphatic carbocycles. The fourth-order valence-electron chi connectivity index (χ4n) is 1.00. The van der Waals surface area contributed by atoms with Crippen molar-refractivity contribution in [2.24, 2.45) is 10.9 Å². The molecule has 0 amide bonds. The van der Waals surface area contributed by atoms with Crippen LogP contribution in [0.25, 0.3) is 0 Å². The minimum Gasteiger partial charge on any atom is -0.409 e. The van der Waals surface area contributed by atoms with Crippen molar-refractivity contribution in [1.82, 2.24) is 4.72 Å². The van der Waals surface area contributed by atoms with Crippen molar-refractivity contribution in [3.05, 3.63) is 15.4 Å². The van der Waals surface area contributed by atoms with Crippen LogP contribution in [-0.4, -0.2) is 25.5 Å². The van der Waals surface area contributed by atoms with Gasteiger partial charge in [0, 0.05) is 0 Å². The van der Waals surface area contributed by atoms with E-state index >= 15 is 0 Å². The summed E-state index contributed by atoms with van der Waals surface area (Å²) in [5.74, 6) is -0.194. The summed E-state index contributed by atoms with van der Waals surface area (Å²) >= 11 is 4.36. The van der Waals surface area contributed by atoms with Crippen LogP contribution in [0.5, 0.6) is 0 Å². The van der Waals surface area contributed by atoms with E-state index in [-0.39, 0.29) is 10.0 Å². The molecule has 0 bridgehead atoms. The molecular weight excluding hydrogens is 330 g/mol. The van der Waals surface area contributed by atoms with Crippen molar-refractivity contribution in [3.63, 3.8) is 0 Å². The van der Waals surface area contributed by atoms with Crippen LogP contribution in [0.3, 0.4) is 0 Å². The summed E-state index contributed by atoms with van der Waals surface area (Å²) in [6.45, 7) is 3.29. The second-order valence-electron chi connectivity index (χ2n) is 3.39. The summed E-state index contributed by atoms with van der Waals surface area (Å²) in [7, 11) is -3.65. The van der Waals surface area contributed by atoms with Crippen LogP contribution in [0.1, 0.15) is 12.5 Å². The highest BCUT2D eigenvalue weighted by atomic mass is 79.9. The Kier molecular flexibility index (Phi) is 4.53. The largest absolute Gasteiger partial charge is 0.409 e. The van der Waals surface area contributed by atoms with E-state index in [1.807, 2.05) is 0 Å². The molecule has 0 radical (unpaired) electrons. The molecule has 0 saturated carbocycles. The number of nitrogens with zero attached hydrogens (tertiary/aromatic N) is 1. The first-order valence-electron chi connectivity index (χ1n) is 4.53. The van der Waals surface area contributed by atoms with Crippen LogP contribution < -0.4 is 10.5 Å². The van der Waals surface area contributed by atoms with Crippen molar-refractivity contribution >= 4 is 43.1 Å². The Balaban J connectivity index is 2.97. The highest BCUT2D eigenvalue weighted by molar-refractivity contribution is 9.11. The Morgan fingerprint density at radius 1 is 1.71 bits per heavy atom. The van der Waals surface area contributed by atoms with Crippen molar-refractivity contribution < 1.29 is 13.6 Å². The van der Waals surface area contributed by atoms with E-state index in [1.54, 1.807) is 13.0 Å². The number of rotatable bonds is 4. The van der Waals surface area contributed by atoms with E-state index in [9.17, 15) is 8.42 Å². The molecule has 9 heteroatoms. The topological polar surface area (TPSA) is 105 Å². The fourth-order valence-corrected chi connectivity index (χ4v) is 4.46. The maximum atomic E-state index is 11.9. The molecule has 1 unspecified atom stereocenters. The molecule has 4 N–H and O–H groups in total. The van der Waals surface area contributed by atoms with Crippen molar-refractivity contribution in [2.45, 2.75) is 24.1 Å². The molecule has 0 saturated heterocycles. The Labute approximate surface area is 112 Å². The first-order valence-corrected chi connectivity index (χ1v) is 7.63. The normalized spacial score (nSPS) is 14.9. The number of amidine groups is 1. The predicted octanol–water partition coefficient (Wildman–Crippen LogP) is 1.23. The van der Waals surface area contributed by atoms with E-state index in [1.165, 1.54) is 6.92 Å². The number of sulfonamides is 1. The van der Waals surface area contributed by atoms with Gasteiger partial charge in [0.25, 0.3) is 10.0 Å². The van der Waals surface area contributed by atoms with E-state index < -0.39 is 16.1 Å². The van der Waals surface area contributed by atoms with Gasteiger partial charge < -0.3 is 10.9 Å². The number of hydrogen-bond donors (Lipinski definition) is 3. The highest BCUT2D eigenvalue weighted by Crippen LogP contribution is 2.30. The lowest BCUT2D eigenvalue weighted by Gasteiger charge is -2.11. The van der Waals surface area contributed by atoms with Gasteiger partial charge in [0.2, 0.25) is 0 Å². The molecule has 1 rings (SSSR count). The maximum absolute atomic E-state index is 11.9. The summed E-state index contributed by atoms with van der Waals surface area (Å²) in [5.41, 5.74) is 6.14. The number of oxime groups is 1. The second kappa shape index (κ2) is 5.34. The van der Waals surface area contributed by atoms with Gasteiger partial charge in [0.1, 0.15) is 4.21 Å². The number of aryl methyl sites for hydroxylation is 1. The average molecular weight is 342 g/mol. The SMILES string of the molecule is Cc1cc(S(=O)(=O)NC(C)C(N)=NO)sc1Br. The zero-order chi connectivity index (χ0) is 13.2. The monoisotopic (exact) mass is 341 g/mol. The third-order valence-corrected chi connectivity index (χ3v) is 6.14. The van der Waals surface area contributed by atoms with Gasteiger partial charge in [0.15, 0.2) is 5.84 Å². The van der Waals surface area contributed by atoms with E-state index in [4.69, 9.17) is 10.9 Å². The quantitative estimate of drug-likeness (QED) is 0.331. The molecule has 0 aromatic carbocycles. The summed E-state index contributed by atoms with van der Waals surface area (Å²) in [6.07, 6.45) is 0. The maximum Gasteiger partial charge on any atom is 0.250 e. The number of nitrogens with two attached hydrogens (primary N) is 1. The minimum absolute atomic E-state index is 0.180. The van der Waals surface area contributed by atoms with Gasteiger partial charge in [-0.05, 0) is 41.4 Å². The lowest BCUT2D eigenvalue weighted by Crippen LogP contribution is -2.42. The van der Waals surface area contributed by atoms with Gasteiger partial charge in [-0.3, -0.25) is 0 Å². The van der Waals surface area contributed by atoms with Crippen molar-refractivity contribution in [2.75, 3.05) is 0 Å². The zero-order valence-corrected chi connectivity index (χ0v) is 12.4. The number of thiophene rings is 1. The van der Waals surface area contributed by atoms with Gasteiger partial charge in [-0.2, -0.15) is 4.72 Å². The van der Waals surface area contributed by atoms with Crippen molar-refractivity contribution in [1.29, 1.82) is 0 Å². The molecule has 1 aromatic heterocycles. The van der Waals surface area contributed by atoms with E-state index in [0.29, 0.717) is 0 Å². The summed E-state index contributed by atoms with van der Waals surface area (Å²) in [4.78, 5) is 0. The van der Waals surface area contributed by atoms with Crippen LogP contribution in [0, 0.1) is 6.92 Å². The van der Waals surface area contributed by atoms with Crippen molar-refractivity contribution in [3.8, 4) is 0 Å². The molecule has 0 aliphatic heterocycles. The summed E-state index contributed by atoms with van der Waals surface area (Å²) in [5, 5.41) is 11.2. The molecule has 0 spiro atoms. The molecule has 0 fully saturated rings. The third kappa shape index (κ3) is 3.41. The Hall–Kier alpha value is -0.640. The summed E-state index contributed by atoms with van der Waals surface area (Å²) < 4.78 is 27.1. The van der Waals surface area contributed by atoms with Crippen LogP contribution >= 0.6 is 27.3 Å². The number of hydrogen-bond acceptors (Lipinski definition) is 5.